The molecule has 0 bridgehead atoms. The summed E-state index contributed by atoms with van der Waals surface area (Å²) >= 11 is 1.56. The Morgan fingerprint density at radius 3 is 2.20 bits per heavy atom. The monoisotopic (exact) mass is 557 g/mol. The minimum atomic E-state index is -0.956. The highest BCUT2D eigenvalue weighted by Gasteiger charge is 2.74. The van der Waals surface area contributed by atoms with Crippen LogP contribution < -0.4 is 9.80 Å². The van der Waals surface area contributed by atoms with Crippen LogP contribution in [0.1, 0.15) is 25.0 Å². The average Bonchev–Trinajstić information content (AvgIpc) is 3.21. The number of benzene rings is 2. The first-order valence-electron chi connectivity index (χ1n) is 13.9. The molecule has 2 aromatic rings. The second-order valence-corrected chi connectivity index (χ2v) is 13.3. The zero-order chi connectivity index (χ0) is 28.4. The fraction of sp³-hybridized carbons (Fsp3) is 0.406. The van der Waals surface area contributed by atoms with Gasteiger partial charge in [-0.15, -0.1) is 11.8 Å². The maximum atomic E-state index is 14.7. The molecule has 0 aliphatic carbocycles. The van der Waals surface area contributed by atoms with Crippen molar-refractivity contribution in [1.29, 1.82) is 0 Å². The number of carbonyl (C=O) groups is 3. The summed E-state index contributed by atoms with van der Waals surface area (Å²) < 4.78 is -1.64. The van der Waals surface area contributed by atoms with E-state index < -0.39 is 33.4 Å². The first-order valence-corrected chi connectivity index (χ1v) is 14.7. The Morgan fingerprint density at radius 2 is 1.52 bits per heavy atom. The normalized spacial score (nSPS) is 32.1. The Balaban J connectivity index is 1.51. The topological polar surface area (TPSA) is 81.2 Å². The summed E-state index contributed by atoms with van der Waals surface area (Å²) in [6.45, 7) is 8.28. The van der Waals surface area contributed by atoms with Crippen LogP contribution in [0.3, 0.4) is 0 Å². The lowest BCUT2D eigenvalue weighted by atomic mass is 9.74. The Morgan fingerprint density at radius 1 is 0.875 bits per heavy atom. The van der Waals surface area contributed by atoms with E-state index in [4.69, 9.17) is 0 Å². The first kappa shape index (κ1) is 26.8. The smallest absolute Gasteiger partial charge is 0.251 e. The van der Waals surface area contributed by atoms with Crippen molar-refractivity contribution in [3.63, 3.8) is 0 Å². The SMILES string of the molecule is Cc1cccc(C)c1N1CC=C[C@]23S[C@@]4(C)C=CCN(c5ccccc5)C(=O)[C@H]4[C@H]2C(=O)N([C@H](C)CO)C3C1=O. The van der Waals surface area contributed by atoms with E-state index in [1.807, 2.05) is 87.5 Å². The molecule has 3 amide bonds. The number of nitrogens with zero attached hydrogens (tertiary/aromatic N) is 3. The molecule has 7 nitrogen and oxygen atoms in total. The number of aliphatic hydroxyl groups excluding tert-OH is 1. The minimum Gasteiger partial charge on any atom is -0.394 e. The van der Waals surface area contributed by atoms with Crippen LogP contribution in [-0.2, 0) is 14.4 Å². The summed E-state index contributed by atoms with van der Waals surface area (Å²) in [5.74, 6) is -1.96. The molecule has 1 spiro atoms. The molecular formula is C32H35N3O4S. The van der Waals surface area contributed by atoms with Gasteiger partial charge in [0.05, 0.1) is 29.2 Å². The van der Waals surface area contributed by atoms with Crippen molar-refractivity contribution < 1.29 is 19.5 Å². The molecule has 4 heterocycles. The van der Waals surface area contributed by atoms with Gasteiger partial charge in [0.1, 0.15) is 6.04 Å². The third-order valence-corrected chi connectivity index (χ3v) is 10.8. The van der Waals surface area contributed by atoms with Crippen molar-refractivity contribution in [2.24, 2.45) is 11.8 Å². The maximum Gasteiger partial charge on any atom is 0.251 e. The van der Waals surface area contributed by atoms with Gasteiger partial charge in [-0.1, -0.05) is 60.7 Å². The number of carbonyl (C=O) groups excluding carboxylic acids is 3. The third kappa shape index (κ3) is 3.72. The van der Waals surface area contributed by atoms with E-state index in [1.165, 1.54) is 0 Å². The Kier molecular flexibility index (Phi) is 6.46. The lowest BCUT2D eigenvalue weighted by Crippen LogP contribution is -2.56. The number of hydrogen-bond acceptors (Lipinski definition) is 5. The number of rotatable bonds is 4. The molecule has 2 fully saturated rings. The molecule has 0 aromatic heterocycles. The predicted octanol–water partition coefficient (Wildman–Crippen LogP) is 3.88. The molecule has 4 aliphatic rings. The summed E-state index contributed by atoms with van der Waals surface area (Å²) in [5.41, 5.74) is 3.58. The molecule has 208 valence electrons. The summed E-state index contributed by atoms with van der Waals surface area (Å²) in [6.07, 6.45) is 8.08. The largest absolute Gasteiger partial charge is 0.394 e. The number of hydrogen-bond donors (Lipinski definition) is 1. The quantitative estimate of drug-likeness (QED) is 0.578. The van der Waals surface area contributed by atoms with Crippen molar-refractivity contribution in [2.45, 2.75) is 49.3 Å². The van der Waals surface area contributed by atoms with Crippen LogP contribution in [0, 0.1) is 25.7 Å². The van der Waals surface area contributed by atoms with Crippen LogP contribution >= 0.6 is 11.8 Å². The van der Waals surface area contributed by atoms with E-state index in [0.29, 0.717) is 13.1 Å². The van der Waals surface area contributed by atoms with Gasteiger partial charge in [-0.05, 0) is 51.0 Å². The Hall–Kier alpha value is -3.36. The van der Waals surface area contributed by atoms with Crippen LogP contribution in [0.5, 0.6) is 0 Å². The van der Waals surface area contributed by atoms with Crippen molar-refractivity contribution >= 4 is 40.9 Å². The molecule has 6 atom stereocenters. The van der Waals surface area contributed by atoms with Gasteiger partial charge in [-0.25, -0.2) is 0 Å². The summed E-state index contributed by atoms with van der Waals surface area (Å²) in [5, 5.41) is 10.2. The van der Waals surface area contributed by atoms with Crippen LogP contribution in [-0.4, -0.2) is 69.0 Å². The van der Waals surface area contributed by atoms with Crippen molar-refractivity contribution in [1.82, 2.24) is 4.90 Å². The highest BCUT2D eigenvalue weighted by molar-refractivity contribution is 8.02. The highest BCUT2D eigenvalue weighted by Crippen LogP contribution is 2.66. The Labute approximate surface area is 239 Å². The summed E-state index contributed by atoms with van der Waals surface area (Å²) in [4.78, 5) is 48.7. The molecule has 2 aromatic carbocycles. The number of aryl methyl sites for hydroxylation is 2. The van der Waals surface area contributed by atoms with Gasteiger partial charge >= 0.3 is 0 Å². The molecule has 40 heavy (non-hydrogen) atoms. The van der Waals surface area contributed by atoms with Gasteiger partial charge in [-0.3, -0.25) is 14.4 Å². The second kappa shape index (κ2) is 9.63. The minimum absolute atomic E-state index is 0.115. The van der Waals surface area contributed by atoms with Gasteiger partial charge in [0.15, 0.2) is 0 Å². The lowest BCUT2D eigenvalue weighted by Gasteiger charge is -2.39. The number of anilines is 2. The number of aliphatic hydroxyl groups is 1. The second-order valence-electron chi connectivity index (χ2n) is 11.6. The summed E-state index contributed by atoms with van der Waals surface area (Å²) in [7, 11) is 0. The molecule has 1 N–H and O–H groups in total. The van der Waals surface area contributed by atoms with Gasteiger partial charge in [0, 0.05) is 29.2 Å². The molecule has 4 aliphatic heterocycles. The fourth-order valence-electron chi connectivity index (χ4n) is 7.30. The van der Waals surface area contributed by atoms with Gasteiger partial charge in [-0.2, -0.15) is 0 Å². The van der Waals surface area contributed by atoms with Crippen LogP contribution in [0.4, 0.5) is 11.4 Å². The zero-order valence-electron chi connectivity index (χ0n) is 23.3. The van der Waals surface area contributed by atoms with Gasteiger partial charge < -0.3 is 19.8 Å². The first-order chi connectivity index (χ1) is 19.1. The Bertz CT molecular complexity index is 1420. The third-order valence-electron chi connectivity index (χ3n) is 9.01. The molecular weight excluding hydrogens is 522 g/mol. The van der Waals surface area contributed by atoms with E-state index in [1.54, 1.807) is 33.4 Å². The average molecular weight is 558 g/mol. The molecule has 8 heteroatoms. The molecule has 0 saturated carbocycles. The van der Waals surface area contributed by atoms with Crippen LogP contribution in [0.25, 0.3) is 0 Å². The van der Waals surface area contributed by atoms with E-state index >= 15 is 0 Å². The zero-order valence-corrected chi connectivity index (χ0v) is 24.1. The predicted molar refractivity (Wildman–Crippen MR) is 158 cm³/mol. The van der Waals surface area contributed by atoms with Crippen LogP contribution in [0.2, 0.25) is 0 Å². The number of amides is 3. The van der Waals surface area contributed by atoms with E-state index in [-0.39, 0.29) is 24.3 Å². The number of likely N-dealkylation sites (tertiary alicyclic amines) is 1. The lowest BCUT2D eigenvalue weighted by molar-refractivity contribution is -0.141. The standard InChI is InChI=1S/C32H35N3O4S/c1-20-11-8-12-21(2)26(20)34-18-10-16-32-25(29(38)35(22(3)19-36)27(32)30(34)39)24-28(37)33(23-13-6-5-7-14-23)17-9-15-31(24,4)40-32/h5-16,22,24-25,27,36H,17-19H2,1-4H3/t22-,24-,25+,27?,31+,32+/m1/s1. The summed E-state index contributed by atoms with van der Waals surface area (Å²) in [6, 6.07) is 14.0. The molecule has 6 rings (SSSR count). The fourth-order valence-corrected chi connectivity index (χ4v) is 9.44. The maximum absolute atomic E-state index is 14.7. The molecule has 2 saturated heterocycles. The number of fused-ring (bicyclic) bond motifs is 2. The van der Waals surface area contributed by atoms with Gasteiger partial charge in [0.2, 0.25) is 11.8 Å². The number of para-hydroxylation sites is 2. The van der Waals surface area contributed by atoms with Crippen molar-refractivity contribution in [3.05, 3.63) is 84.0 Å². The van der Waals surface area contributed by atoms with E-state index in [0.717, 1.165) is 22.5 Å². The van der Waals surface area contributed by atoms with E-state index in [2.05, 4.69) is 6.08 Å². The number of thioether (sulfide) groups is 1. The van der Waals surface area contributed by atoms with Crippen molar-refractivity contribution in [2.75, 3.05) is 29.5 Å². The molecule has 1 unspecified atom stereocenters. The van der Waals surface area contributed by atoms with Crippen molar-refractivity contribution in [3.8, 4) is 0 Å². The highest BCUT2D eigenvalue weighted by atomic mass is 32.2. The molecule has 0 radical (unpaired) electrons. The van der Waals surface area contributed by atoms with E-state index in [9.17, 15) is 19.5 Å². The van der Waals surface area contributed by atoms with Gasteiger partial charge in [0.25, 0.3) is 5.91 Å². The van der Waals surface area contributed by atoms with Crippen LogP contribution in [0.15, 0.2) is 72.8 Å².